The molecule has 1 aromatic rings. The van der Waals surface area contributed by atoms with Crippen LogP contribution >= 0.6 is 0 Å². The van der Waals surface area contributed by atoms with Crippen molar-refractivity contribution in [2.75, 3.05) is 18.4 Å². The van der Waals surface area contributed by atoms with Crippen molar-refractivity contribution < 1.29 is 9.59 Å². The minimum Gasteiger partial charge on any atom is -0.364 e. The van der Waals surface area contributed by atoms with Gasteiger partial charge in [-0.05, 0) is 32.6 Å². The van der Waals surface area contributed by atoms with Crippen molar-refractivity contribution in [3.8, 4) is 0 Å². The van der Waals surface area contributed by atoms with Crippen molar-refractivity contribution in [1.82, 2.24) is 14.9 Å². The Morgan fingerprint density at radius 3 is 2.67 bits per heavy atom. The minimum absolute atomic E-state index is 0.0573. The number of nitrogens with one attached hydrogen (secondary N) is 1. The van der Waals surface area contributed by atoms with E-state index in [-0.39, 0.29) is 17.6 Å². The van der Waals surface area contributed by atoms with Crippen molar-refractivity contribution in [1.29, 1.82) is 0 Å². The number of carbonyl (C=O) groups is 2. The van der Waals surface area contributed by atoms with Gasteiger partial charge in [0.25, 0.3) is 5.91 Å². The second-order valence-electron chi connectivity index (χ2n) is 6.87. The maximum atomic E-state index is 12.3. The highest BCUT2D eigenvalue weighted by atomic mass is 16.2. The third kappa shape index (κ3) is 3.72. The topological polar surface area (TPSA) is 101 Å². The lowest BCUT2D eigenvalue weighted by molar-refractivity contribution is -0.125. The van der Waals surface area contributed by atoms with E-state index in [9.17, 15) is 9.59 Å². The fourth-order valence-corrected chi connectivity index (χ4v) is 3.25. The summed E-state index contributed by atoms with van der Waals surface area (Å²) in [5.74, 6) is 1.04. The summed E-state index contributed by atoms with van der Waals surface area (Å²) in [6.45, 7) is 5.24. The fourth-order valence-electron chi connectivity index (χ4n) is 3.25. The van der Waals surface area contributed by atoms with Gasteiger partial charge in [0, 0.05) is 31.1 Å². The van der Waals surface area contributed by atoms with Crippen molar-refractivity contribution in [2.45, 2.75) is 32.7 Å². The lowest BCUT2D eigenvalue weighted by Crippen LogP contribution is -2.32. The molecule has 1 saturated carbocycles. The zero-order chi connectivity index (χ0) is 17.3. The summed E-state index contributed by atoms with van der Waals surface area (Å²) in [6.07, 6.45) is 7.03. The molecule has 2 amide bonds. The molecule has 0 aromatic carbocycles. The number of hydrogen-bond donors (Lipinski definition) is 2. The summed E-state index contributed by atoms with van der Waals surface area (Å²) >= 11 is 0. The fraction of sp³-hybridized carbons (Fsp3) is 0.529. The lowest BCUT2D eigenvalue weighted by atomic mass is 9.98. The van der Waals surface area contributed by atoms with Crippen LogP contribution in [0.1, 0.15) is 37.2 Å². The third-order valence-corrected chi connectivity index (χ3v) is 4.54. The van der Waals surface area contributed by atoms with Crippen molar-refractivity contribution in [3.05, 3.63) is 29.7 Å². The van der Waals surface area contributed by atoms with Gasteiger partial charge in [0.2, 0.25) is 5.91 Å². The van der Waals surface area contributed by atoms with E-state index in [0.29, 0.717) is 24.2 Å². The van der Waals surface area contributed by atoms with Gasteiger partial charge in [-0.25, -0.2) is 4.98 Å². The van der Waals surface area contributed by atoms with Gasteiger partial charge in [0.05, 0.1) is 12.4 Å². The molecule has 1 aliphatic carbocycles. The van der Waals surface area contributed by atoms with Crippen LogP contribution in [0.15, 0.2) is 24.0 Å². The SMILES string of the molecule is CC(C)=CC(=O)N1C[C@@H](Nc2cncc(C(N)=O)n2)[C@H](C2CC2)C1. The summed E-state index contributed by atoms with van der Waals surface area (Å²) in [4.78, 5) is 33.7. The molecular formula is C17H23N5O2. The number of allylic oxidation sites excluding steroid dienone is 1. The van der Waals surface area contributed by atoms with Crippen LogP contribution < -0.4 is 11.1 Å². The molecule has 1 aromatic heterocycles. The van der Waals surface area contributed by atoms with E-state index in [1.54, 1.807) is 12.3 Å². The Morgan fingerprint density at radius 2 is 2.04 bits per heavy atom. The highest BCUT2D eigenvalue weighted by Crippen LogP contribution is 2.42. The summed E-state index contributed by atoms with van der Waals surface area (Å²) < 4.78 is 0. The van der Waals surface area contributed by atoms with Crippen molar-refractivity contribution >= 4 is 17.6 Å². The quantitative estimate of drug-likeness (QED) is 0.790. The van der Waals surface area contributed by atoms with E-state index in [4.69, 9.17) is 5.73 Å². The largest absolute Gasteiger partial charge is 0.364 e. The molecule has 2 atom stereocenters. The maximum Gasteiger partial charge on any atom is 0.268 e. The molecule has 3 N–H and O–H groups in total. The van der Waals surface area contributed by atoms with Crippen LogP contribution in [0, 0.1) is 11.8 Å². The van der Waals surface area contributed by atoms with Gasteiger partial charge in [-0.2, -0.15) is 0 Å². The number of likely N-dealkylation sites (tertiary alicyclic amines) is 1. The number of amides is 2. The molecule has 7 nitrogen and oxygen atoms in total. The van der Waals surface area contributed by atoms with Gasteiger partial charge in [-0.3, -0.25) is 14.6 Å². The van der Waals surface area contributed by atoms with E-state index in [2.05, 4.69) is 15.3 Å². The number of carbonyl (C=O) groups excluding carboxylic acids is 2. The van der Waals surface area contributed by atoms with Crippen LogP contribution in [0.5, 0.6) is 0 Å². The van der Waals surface area contributed by atoms with Crippen LogP contribution in [-0.4, -0.2) is 45.8 Å². The Bertz CT molecular complexity index is 679. The molecule has 7 heteroatoms. The minimum atomic E-state index is -0.600. The zero-order valence-electron chi connectivity index (χ0n) is 14.0. The van der Waals surface area contributed by atoms with E-state index in [0.717, 1.165) is 12.1 Å². The van der Waals surface area contributed by atoms with Crippen molar-refractivity contribution in [3.63, 3.8) is 0 Å². The Morgan fingerprint density at radius 1 is 1.29 bits per heavy atom. The predicted molar refractivity (Wildman–Crippen MR) is 90.2 cm³/mol. The normalized spacial score (nSPS) is 23.0. The molecule has 0 radical (unpaired) electrons. The average molecular weight is 329 g/mol. The molecule has 3 rings (SSSR count). The molecule has 2 fully saturated rings. The summed E-state index contributed by atoms with van der Waals surface area (Å²) in [7, 11) is 0. The molecule has 1 aliphatic heterocycles. The zero-order valence-corrected chi connectivity index (χ0v) is 14.0. The van der Waals surface area contributed by atoms with Crippen molar-refractivity contribution in [2.24, 2.45) is 17.6 Å². The molecule has 2 heterocycles. The van der Waals surface area contributed by atoms with E-state index >= 15 is 0 Å². The number of primary amides is 1. The summed E-state index contributed by atoms with van der Waals surface area (Å²) in [6, 6.07) is 0.115. The number of aromatic nitrogens is 2. The standard InChI is InChI=1S/C17H23N5O2/c1-10(2)5-16(23)22-8-12(11-3-4-11)14(9-22)21-15-7-19-6-13(20-15)17(18)24/h5-7,11-12,14H,3-4,8-9H2,1-2H3,(H2,18,24)(H,20,21)/t12-,14+/m0/s1. The average Bonchev–Trinajstić information content (AvgIpc) is 3.28. The van der Waals surface area contributed by atoms with Gasteiger partial charge in [-0.15, -0.1) is 0 Å². The number of hydrogen-bond acceptors (Lipinski definition) is 5. The van der Waals surface area contributed by atoms with Crippen LogP contribution in [-0.2, 0) is 4.79 Å². The highest BCUT2D eigenvalue weighted by molar-refractivity contribution is 5.90. The predicted octanol–water partition coefficient (Wildman–Crippen LogP) is 1.19. The Hall–Kier alpha value is -2.44. The third-order valence-electron chi connectivity index (χ3n) is 4.54. The molecule has 2 aliphatic rings. The second-order valence-corrected chi connectivity index (χ2v) is 6.87. The number of rotatable bonds is 5. The first kappa shape index (κ1) is 16.4. The first-order valence-electron chi connectivity index (χ1n) is 8.26. The van der Waals surface area contributed by atoms with E-state index < -0.39 is 5.91 Å². The van der Waals surface area contributed by atoms with E-state index in [1.165, 1.54) is 19.0 Å². The van der Waals surface area contributed by atoms with Crippen LogP contribution in [0.4, 0.5) is 5.82 Å². The maximum absolute atomic E-state index is 12.3. The number of nitrogens with two attached hydrogens (primary N) is 1. The molecule has 1 saturated heterocycles. The lowest BCUT2D eigenvalue weighted by Gasteiger charge is -2.19. The van der Waals surface area contributed by atoms with Gasteiger partial charge in [-0.1, -0.05) is 5.57 Å². The Balaban J connectivity index is 1.73. The first-order chi connectivity index (χ1) is 11.4. The van der Waals surface area contributed by atoms with Gasteiger partial charge >= 0.3 is 0 Å². The van der Waals surface area contributed by atoms with Gasteiger partial charge < -0.3 is 16.0 Å². The molecule has 128 valence electrons. The molecule has 24 heavy (non-hydrogen) atoms. The highest BCUT2D eigenvalue weighted by Gasteiger charge is 2.43. The van der Waals surface area contributed by atoms with Crippen LogP contribution in [0.2, 0.25) is 0 Å². The Kier molecular flexibility index (Phi) is 4.51. The molecular weight excluding hydrogens is 306 g/mol. The number of nitrogens with zero attached hydrogens (tertiary/aromatic N) is 3. The number of anilines is 1. The monoisotopic (exact) mass is 329 g/mol. The molecule has 0 spiro atoms. The summed E-state index contributed by atoms with van der Waals surface area (Å²) in [5, 5.41) is 3.35. The molecule has 0 unspecified atom stereocenters. The van der Waals surface area contributed by atoms with E-state index in [1.807, 2.05) is 18.7 Å². The van der Waals surface area contributed by atoms with Gasteiger partial charge in [0.1, 0.15) is 11.5 Å². The first-order valence-corrected chi connectivity index (χ1v) is 8.26. The van der Waals surface area contributed by atoms with Crippen LogP contribution in [0.25, 0.3) is 0 Å². The summed E-state index contributed by atoms with van der Waals surface area (Å²) in [5.41, 5.74) is 6.39. The second kappa shape index (κ2) is 6.59. The Labute approximate surface area is 141 Å². The van der Waals surface area contributed by atoms with Crippen LogP contribution in [0.3, 0.4) is 0 Å². The smallest absolute Gasteiger partial charge is 0.268 e. The van der Waals surface area contributed by atoms with Gasteiger partial charge in [0.15, 0.2) is 0 Å². The molecule has 0 bridgehead atoms.